The molecule has 1 saturated carbocycles. The van der Waals surface area contributed by atoms with Crippen molar-refractivity contribution in [3.63, 3.8) is 0 Å². The Hall–Kier alpha value is -4.70. The molecule has 0 saturated heterocycles. The number of aromatic nitrogens is 6. The quantitative estimate of drug-likeness (QED) is 0.198. The molecule has 1 fully saturated rings. The van der Waals surface area contributed by atoms with Gasteiger partial charge in [0.05, 0.1) is 11.9 Å². The lowest BCUT2D eigenvalue weighted by Gasteiger charge is -2.31. The van der Waals surface area contributed by atoms with Crippen LogP contribution in [0.25, 0.3) is 55.8 Å². The van der Waals surface area contributed by atoms with Gasteiger partial charge in [0.25, 0.3) is 0 Å². The molecule has 1 atom stereocenters. The molecule has 0 bridgehead atoms. The summed E-state index contributed by atoms with van der Waals surface area (Å²) >= 11 is 0. The van der Waals surface area contributed by atoms with Crippen molar-refractivity contribution >= 4 is 27.8 Å². The first kappa shape index (κ1) is 23.4. The van der Waals surface area contributed by atoms with Gasteiger partial charge in [0, 0.05) is 34.8 Å². The van der Waals surface area contributed by atoms with Gasteiger partial charge in [0.15, 0.2) is 11.5 Å². The number of aliphatic hydroxyl groups excluding tert-OH is 1. The smallest absolute Gasteiger partial charge is 0.160 e. The second-order valence-electron chi connectivity index (χ2n) is 9.85. The van der Waals surface area contributed by atoms with Crippen molar-refractivity contribution in [3.05, 3.63) is 78.8 Å². The Morgan fingerprint density at radius 2 is 1.90 bits per heavy atom. The van der Waals surface area contributed by atoms with Crippen LogP contribution < -0.4 is 5.32 Å². The van der Waals surface area contributed by atoms with Gasteiger partial charge in [0.1, 0.15) is 34.6 Å². The first-order chi connectivity index (χ1) is 19.0. The van der Waals surface area contributed by atoms with Crippen LogP contribution in [-0.4, -0.2) is 41.5 Å². The van der Waals surface area contributed by atoms with Crippen LogP contribution in [0.5, 0.6) is 0 Å². The van der Waals surface area contributed by atoms with Crippen molar-refractivity contribution in [1.82, 2.24) is 30.1 Å². The maximum absolute atomic E-state index is 15.2. The molecule has 4 heterocycles. The molecule has 1 unspecified atom stereocenters. The van der Waals surface area contributed by atoms with Gasteiger partial charge >= 0.3 is 0 Å². The van der Waals surface area contributed by atoms with Crippen molar-refractivity contribution in [2.75, 3.05) is 5.32 Å². The molecule has 0 radical (unpaired) electrons. The fourth-order valence-electron chi connectivity index (χ4n) is 5.06. The first-order valence-corrected chi connectivity index (χ1v) is 12.7. The van der Waals surface area contributed by atoms with E-state index in [1.54, 1.807) is 36.8 Å². The highest BCUT2D eigenvalue weighted by molar-refractivity contribution is 5.97. The molecular weight excluding hydrogens is 500 g/mol. The summed E-state index contributed by atoms with van der Waals surface area (Å²) < 4.78 is 29.1. The van der Waals surface area contributed by atoms with Crippen molar-refractivity contribution in [2.24, 2.45) is 5.92 Å². The summed E-state index contributed by atoms with van der Waals surface area (Å²) in [7, 11) is 0. The van der Waals surface area contributed by atoms with E-state index in [4.69, 9.17) is 4.98 Å². The molecule has 0 amide bonds. The van der Waals surface area contributed by atoms with Crippen molar-refractivity contribution in [3.8, 4) is 33.8 Å². The second-order valence-corrected chi connectivity index (χ2v) is 9.85. The molecule has 39 heavy (non-hydrogen) atoms. The predicted molar refractivity (Wildman–Crippen MR) is 145 cm³/mol. The molecule has 194 valence electrons. The van der Waals surface area contributed by atoms with Crippen molar-refractivity contribution < 1.29 is 13.9 Å². The molecule has 7 rings (SSSR count). The normalized spacial score (nSPS) is 14.5. The number of benzene rings is 2. The number of aromatic amines is 2. The minimum atomic E-state index is -0.644. The number of anilines is 1. The van der Waals surface area contributed by atoms with Crippen molar-refractivity contribution in [1.29, 1.82) is 0 Å². The summed E-state index contributed by atoms with van der Waals surface area (Å²) in [6.07, 6.45) is 7.39. The number of hydrogen-bond acceptors (Lipinski definition) is 6. The van der Waals surface area contributed by atoms with Crippen LogP contribution in [0.3, 0.4) is 0 Å². The fourth-order valence-corrected chi connectivity index (χ4v) is 5.06. The maximum atomic E-state index is 15.2. The highest BCUT2D eigenvalue weighted by Gasteiger charge is 2.25. The number of nitrogens with one attached hydrogen (secondary N) is 3. The van der Waals surface area contributed by atoms with E-state index in [-0.39, 0.29) is 17.3 Å². The highest BCUT2D eigenvalue weighted by atomic mass is 19.1. The zero-order valence-corrected chi connectivity index (χ0v) is 20.6. The van der Waals surface area contributed by atoms with Gasteiger partial charge in [-0.05, 0) is 60.4 Å². The number of H-pyrrole nitrogens is 2. The lowest BCUT2D eigenvalue weighted by atomic mass is 9.84. The van der Waals surface area contributed by atoms with Crippen LogP contribution in [0.15, 0.2) is 67.1 Å². The monoisotopic (exact) mass is 523 g/mol. The number of aliphatic hydroxyl groups is 1. The van der Waals surface area contributed by atoms with Gasteiger partial charge in [-0.2, -0.15) is 5.10 Å². The molecule has 4 aromatic heterocycles. The SMILES string of the molecule is OC(Nc1cncc(-c2cc(F)c3[nH]nc(-c4nc5c(-c6cccc(F)c6)ccnc5[nH]4)c3c2)c1)C1CCC1. The Kier molecular flexibility index (Phi) is 5.55. The second kappa shape index (κ2) is 9.25. The number of halogens is 2. The Bertz CT molecular complexity index is 1840. The topological polar surface area (TPSA) is 115 Å². The van der Waals surface area contributed by atoms with Gasteiger partial charge in [-0.15, -0.1) is 0 Å². The minimum absolute atomic E-state index is 0.232. The molecular formula is C29H23F2N7O. The van der Waals surface area contributed by atoms with E-state index >= 15 is 4.39 Å². The zero-order valence-electron chi connectivity index (χ0n) is 20.6. The minimum Gasteiger partial charge on any atom is -0.374 e. The number of rotatable bonds is 6. The van der Waals surface area contributed by atoms with Gasteiger partial charge in [-0.25, -0.2) is 18.7 Å². The van der Waals surface area contributed by atoms with E-state index < -0.39 is 12.0 Å². The Morgan fingerprint density at radius 3 is 2.72 bits per heavy atom. The van der Waals surface area contributed by atoms with Crippen molar-refractivity contribution in [2.45, 2.75) is 25.5 Å². The lowest BCUT2D eigenvalue weighted by molar-refractivity contribution is 0.0851. The van der Waals surface area contributed by atoms with Crippen LogP contribution in [0.4, 0.5) is 14.5 Å². The van der Waals surface area contributed by atoms with Crippen LogP contribution >= 0.6 is 0 Å². The Balaban J connectivity index is 1.29. The fraction of sp³-hybridized carbons (Fsp3) is 0.172. The molecule has 8 nitrogen and oxygen atoms in total. The number of fused-ring (bicyclic) bond motifs is 2. The molecule has 1 aliphatic carbocycles. The number of imidazole rings is 1. The number of hydrogen-bond donors (Lipinski definition) is 4. The van der Waals surface area contributed by atoms with E-state index in [0.717, 1.165) is 19.3 Å². The maximum Gasteiger partial charge on any atom is 0.160 e. The number of nitrogens with zero attached hydrogens (tertiary/aromatic N) is 4. The summed E-state index contributed by atoms with van der Waals surface area (Å²) in [5.74, 6) is -0.179. The summed E-state index contributed by atoms with van der Waals surface area (Å²) in [6.45, 7) is 0. The van der Waals surface area contributed by atoms with Crippen LogP contribution in [0.1, 0.15) is 19.3 Å². The van der Waals surface area contributed by atoms with Gasteiger partial charge in [-0.3, -0.25) is 10.1 Å². The van der Waals surface area contributed by atoms with E-state index in [2.05, 4.69) is 30.5 Å². The zero-order chi connectivity index (χ0) is 26.5. The van der Waals surface area contributed by atoms with E-state index in [1.807, 2.05) is 12.1 Å². The summed E-state index contributed by atoms with van der Waals surface area (Å²) in [6, 6.07) is 13.1. The van der Waals surface area contributed by atoms with Crippen LogP contribution in [-0.2, 0) is 0 Å². The predicted octanol–water partition coefficient (Wildman–Crippen LogP) is 6.04. The average Bonchev–Trinajstić information content (AvgIpc) is 3.52. The third-order valence-electron chi connectivity index (χ3n) is 7.35. The van der Waals surface area contributed by atoms with Gasteiger partial charge in [-0.1, -0.05) is 18.6 Å². The molecule has 6 aromatic rings. The van der Waals surface area contributed by atoms with E-state index in [0.29, 0.717) is 56.0 Å². The average molecular weight is 524 g/mol. The molecule has 0 aliphatic heterocycles. The highest BCUT2D eigenvalue weighted by Crippen LogP contribution is 2.35. The molecule has 4 N–H and O–H groups in total. The Morgan fingerprint density at radius 1 is 1.00 bits per heavy atom. The standard InChI is InChI=1S/C29H23F2N7O/c30-19-6-2-5-16(9-19)21-7-8-33-27-25(21)35-28(36-27)26-22-11-17(12-23(31)24(22)37-38-26)18-10-20(14-32-13-18)34-29(39)15-3-1-4-15/h2,5-15,29,34,39H,1,3-4H2,(H,37,38)(H,33,35,36). The summed E-state index contributed by atoms with van der Waals surface area (Å²) in [4.78, 5) is 16.6. The lowest BCUT2D eigenvalue weighted by Crippen LogP contribution is -2.33. The Labute approximate surface area is 221 Å². The molecule has 2 aromatic carbocycles. The first-order valence-electron chi connectivity index (χ1n) is 12.7. The van der Waals surface area contributed by atoms with Crippen LogP contribution in [0.2, 0.25) is 0 Å². The third kappa shape index (κ3) is 4.18. The molecule has 10 heteroatoms. The van der Waals surface area contributed by atoms with Gasteiger partial charge in [0.2, 0.25) is 0 Å². The summed E-state index contributed by atoms with van der Waals surface area (Å²) in [5, 5.41) is 21.2. The van der Waals surface area contributed by atoms with E-state index in [1.165, 1.54) is 18.2 Å². The van der Waals surface area contributed by atoms with Crippen LogP contribution in [0, 0.1) is 17.6 Å². The third-order valence-corrected chi connectivity index (χ3v) is 7.35. The largest absolute Gasteiger partial charge is 0.374 e. The summed E-state index contributed by atoms with van der Waals surface area (Å²) in [5.41, 5.74) is 5.07. The van der Waals surface area contributed by atoms with E-state index in [9.17, 15) is 9.50 Å². The molecule has 1 aliphatic rings. The number of pyridine rings is 2. The van der Waals surface area contributed by atoms with Gasteiger partial charge < -0.3 is 15.4 Å². The molecule has 0 spiro atoms.